The number of sulfonamides is 1. The van der Waals surface area contributed by atoms with Crippen molar-refractivity contribution in [1.82, 2.24) is 14.2 Å². The van der Waals surface area contributed by atoms with Crippen molar-refractivity contribution in [2.45, 2.75) is 11.0 Å². The van der Waals surface area contributed by atoms with E-state index in [1.165, 1.54) is 4.31 Å². The molecular weight excluding hydrogens is 350 g/mol. The Hall–Kier alpha value is -1.25. The monoisotopic (exact) mass is 369 g/mol. The van der Waals surface area contributed by atoms with Crippen LogP contribution in [0.3, 0.4) is 0 Å². The van der Waals surface area contributed by atoms with Crippen LogP contribution in [0.15, 0.2) is 35.4 Å². The van der Waals surface area contributed by atoms with E-state index in [1.54, 1.807) is 30.5 Å². The van der Waals surface area contributed by atoms with Gasteiger partial charge in [0, 0.05) is 31.2 Å². The number of hydrogen-bond donors (Lipinski definition) is 0. The van der Waals surface area contributed by atoms with Gasteiger partial charge in [-0.3, -0.25) is 0 Å². The van der Waals surface area contributed by atoms with Gasteiger partial charge >= 0.3 is 0 Å². The first kappa shape index (κ1) is 17.6. The minimum atomic E-state index is -3.59. The van der Waals surface area contributed by atoms with E-state index in [0.717, 1.165) is 5.39 Å². The van der Waals surface area contributed by atoms with Gasteiger partial charge in [0.1, 0.15) is 5.15 Å². The number of hydrogen-bond acceptors (Lipinski definition) is 5. The lowest BCUT2D eigenvalue weighted by atomic mass is 10.2. The number of likely N-dealkylation sites (N-methyl/N-ethyl adjacent to an activating group) is 1. The minimum absolute atomic E-state index is 0.130. The molecular formula is C16H20ClN3O3S. The van der Waals surface area contributed by atoms with E-state index in [2.05, 4.69) is 4.98 Å². The average Bonchev–Trinajstić information content (AvgIpc) is 2.54. The Balaban J connectivity index is 1.91. The first-order valence-electron chi connectivity index (χ1n) is 7.68. The molecule has 1 fully saturated rings. The molecule has 0 aliphatic carbocycles. The van der Waals surface area contributed by atoms with Crippen LogP contribution in [0.1, 0.15) is 0 Å². The molecule has 2 aromatic rings. The Bertz CT molecular complexity index is 842. The van der Waals surface area contributed by atoms with Gasteiger partial charge in [0.25, 0.3) is 0 Å². The number of benzene rings is 1. The van der Waals surface area contributed by atoms with Crippen molar-refractivity contribution in [2.75, 3.05) is 40.3 Å². The molecule has 8 heteroatoms. The van der Waals surface area contributed by atoms with Crippen molar-refractivity contribution >= 4 is 32.4 Å². The molecule has 1 aliphatic heterocycles. The summed E-state index contributed by atoms with van der Waals surface area (Å²) in [5, 5.41) is 1.80. The van der Waals surface area contributed by atoms with E-state index in [-0.39, 0.29) is 11.0 Å². The Morgan fingerprint density at radius 1 is 1.38 bits per heavy atom. The van der Waals surface area contributed by atoms with Gasteiger partial charge in [-0.25, -0.2) is 13.4 Å². The highest BCUT2D eigenvalue weighted by atomic mass is 35.5. The van der Waals surface area contributed by atoms with E-state index in [9.17, 15) is 8.42 Å². The van der Waals surface area contributed by atoms with Crippen LogP contribution in [0.5, 0.6) is 0 Å². The Morgan fingerprint density at radius 3 is 2.92 bits per heavy atom. The maximum Gasteiger partial charge on any atom is 0.243 e. The zero-order valence-electron chi connectivity index (χ0n) is 13.6. The number of rotatable bonds is 4. The topological polar surface area (TPSA) is 62.7 Å². The van der Waals surface area contributed by atoms with Gasteiger partial charge in [0.05, 0.1) is 17.6 Å². The summed E-state index contributed by atoms with van der Waals surface area (Å²) in [4.78, 5) is 6.24. The van der Waals surface area contributed by atoms with Crippen molar-refractivity contribution in [3.8, 4) is 0 Å². The number of ether oxygens (including phenoxy) is 1. The number of aromatic nitrogens is 1. The van der Waals surface area contributed by atoms with Crippen LogP contribution in [0.25, 0.3) is 10.8 Å². The van der Waals surface area contributed by atoms with Crippen LogP contribution in [0.2, 0.25) is 5.15 Å². The average molecular weight is 370 g/mol. The van der Waals surface area contributed by atoms with Gasteiger partial charge in [-0.15, -0.1) is 0 Å². The summed E-state index contributed by atoms with van der Waals surface area (Å²) in [5.41, 5.74) is 0. The highest BCUT2D eigenvalue weighted by Gasteiger charge is 2.31. The second-order valence-corrected chi connectivity index (χ2v) is 8.40. The van der Waals surface area contributed by atoms with Crippen molar-refractivity contribution in [2.24, 2.45) is 0 Å². The lowest BCUT2D eigenvalue weighted by molar-refractivity contribution is -0.0132. The first-order valence-corrected chi connectivity index (χ1v) is 9.50. The lowest BCUT2D eigenvalue weighted by Gasteiger charge is -2.33. The third kappa shape index (κ3) is 3.55. The third-order valence-corrected chi connectivity index (χ3v) is 6.16. The standard InChI is InChI=1S/C16H20ClN3O3S/c1-19(2)10-13-11-20(7-8-23-13)24(21,22)14-4-3-12-5-6-18-16(17)15(12)9-14/h3-6,9,13H,7-8,10-11H2,1-2H3. The van der Waals surface area contributed by atoms with Crippen molar-refractivity contribution in [3.63, 3.8) is 0 Å². The molecule has 0 radical (unpaired) electrons. The fourth-order valence-corrected chi connectivity index (χ4v) is 4.55. The number of pyridine rings is 1. The summed E-state index contributed by atoms with van der Waals surface area (Å²) >= 11 is 6.10. The zero-order chi connectivity index (χ0) is 17.3. The third-order valence-electron chi connectivity index (χ3n) is 4.00. The molecule has 1 atom stereocenters. The molecule has 130 valence electrons. The van der Waals surface area contributed by atoms with Crippen molar-refractivity contribution in [1.29, 1.82) is 0 Å². The fraction of sp³-hybridized carbons (Fsp3) is 0.438. The summed E-state index contributed by atoms with van der Waals surface area (Å²) < 4.78 is 33.1. The molecule has 1 saturated heterocycles. The van der Waals surface area contributed by atoms with Crippen LogP contribution in [-0.4, -0.2) is 69.0 Å². The van der Waals surface area contributed by atoms with E-state index < -0.39 is 10.0 Å². The molecule has 6 nitrogen and oxygen atoms in total. The van der Waals surface area contributed by atoms with E-state index in [4.69, 9.17) is 16.3 Å². The molecule has 0 N–H and O–H groups in total. The van der Waals surface area contributed by atoms with Gasteiger partial charge in [0.2, 0.25) is 10.0 Å². The van der Waals surface area contributed by atoms with Crippen LogP contribution in [-0.2, 0) is 14.8 Å². The highest BCUT2D eigenvalue weighted by Crippen LogP contribution is 2.26. The molecule has 1 unspecified atom stereocenters. The van der Waals surface area contributed by atoms with Crippen LogP contribution in [0, 0.1) is 0 Å². The second kappa shape index (κ2) is 6.93. The van der Waals surface area contributed by atoms with Gasteiger partial charge in [-0.1, -0.05) is 17.7 Å². The summed E-state index contributed by atoms with van der Waals surface area (Å²) in [6, 6.07) is 6.77. The molecule has 1 aromatic heterocycles. The summed E-state index contributed by atoms with van der Waals surface area (Å²) in [5.74, 6) is 0. The lowest BCUT2D eigenvalue weighted by Crippen LogP contribution is -2.48. The van der Waals surface area contributed by atoms with E-state index in [1.807, 2.05) is 19.0 Å². The predicted octanol–water partition coefficient (Wildman–Crippen LogP) is 1.84. The van der Waals surface area contributed by atoms with Gasteiger partial charge in [-0.2, -0.15) is 4.31 Å². The maximum atomic E-state index is 13.0. The van der Waals surface area contributed by atoms with Crippen molar-refractivity contribution < 1.29 is 13.2 Å². The Labute approximate surface area is 147 Å². The summed E-state index contributed by atoms with van der Waals surface area (Å²) in [6.07, 6.45) is 1.47. The number of fused-ring (bicyclic) bond motifs is 1. The quantitative estimate of drug-likeness (QED) is 0.769. The first-order chi connectivity index (χ1) is 11.4. The number of nitrogens with zero attached hydrogens (tertiary/aromatic N) is 3. The van der Waals surface area contributed by atoms with Crippen molar-refractivity contribution in [3.05, 3.63) is 35.6 Å². The maximum absolute atomic E-state index is 13.0. The van der Waals surface area contributed by atoms with Crippen LogP contribution >= 0.6 is 11.6 Å². The fourth-order valence-electron chi connectivity index (χ4n) is 2.85. The van der Waals surface area contributed by atoms with Gasteiger partial charge < -0.3 is 9.64 Å². The van der Waals surface area contributed by atoms with E-state index >= 15 is 0 Å². The van der Waals surface area contributed by atoms with Gasteiger partial charge in [-0.05, 0) is 37.7 Å². The number of morpholine rings is 1. The van der Waals surface area contributed by atoms with Crippen LogP contribution < -0.4 is 0 Å². The van der Waals surface area contributed by atoms with Gasteiger partial charge in [0.15, 0.2) is 0 Å². The SMILES string of the molecule is CN(C)CC1CN(S(=O)(=O)c2ccc3ccnc(Cl)c3c2)CCO1. The minimum Gasteiger partial charge on any atom is -0.374 e. The largest absolute Gasteiger partial charge is 0.374 e. The molecule has 0 amide bonds. The molecule has 1 aliphatic rings. The number of halogens is 1. The molecule has 3 rings (SSSR count). The second-order valence-electron chi connectivity index (χ2n) is 6.10. The Kier molecular flexibility index (Phi) is 5.08. The predicted molar refractivity (Wildman–Crippen MR) is 93.8 cm³/mol. The summed E-state index contributed by atoms with van der Waals surface area (Å²) in [6.45, 7) is 1.78. The smallest absolute Gasteiger partial charge is 0.243 e. The van der Waals surface area contributed by atoms with E-state index in [0.29, 0.717) is 36.8 Å². The molecule has 24 heavy (non-hydrogen) atoms. The Morgan fingerprint density at radius 2 is 2.17 bits per heavy atom. The van der Waals surface area contributed by atoms with Crippen LogP contribution in [0.4, 0.5) is 0 Å². The molecule has 0 spiro atoms. The summed E-state index contributed by atoms with van der Waals surface area (Å²) in [7, 11) is 0.289. The highest BCUT2D eigenvalue weighted by molar-refractivity contribution is 7.89. The molecule has 1 aromatic carbocycles. The normalized spacial score (nSPS) is 19.9. The molecule has 0 bridgehead atoms. The molecule has 0 saturated carbocycles. The molecule has 2 heterocycles. The zero-order valence-corrected chi connectivity index (χ0v) is 15.2.